The summed E-state index contributed by atoms with van der Waals surface area (Å²) in [6.45, 7) is 1.73. The molecule has 0 aliphatic rings. The van der Waals surface area contributed by atoms with Gasteiger partial charge in [-0.3, -0.25) is 9.78 Å². The summed E-state index contributed by atoms with van der Waals surface area (Å²) in [4.78, 5) is 19.5. The Hall–Kier alpha value is -2.49. The molecule has 3 rings (SSSR count). The second kappa shape index (κ2) is 4.31. The van der Waals surface area contributed by atoms with Crippen molar-refractivity contribution in [3.05, 3.63) is 65.4 Å². The van der Waals surface area contributed by atoms with Crippen molar-refractivity contribution in [1.29, 1.82) is 0 Å². The molecule has 94 valence electrons. The molecule has 0 spiro atoms. The average molecular weight is 254 g/mol. The second-order valence-corrected chi connectivity index (χ2v) is 4.41. The Bertz CT molecular complexity index is 777. The molecule has 0 fully saturated rings. The highest BCUT2D eigenvalue weighted by molar-refractivity contribution is 6.16. The maximum absolute atomic E-state index is 13.1. The number of rotatable bonds is 2. The lowest BCUT2D eigenvalue weighted by Crippen LogP contribution is -2.03. The van der Waals surface area contributed by atoms with Gasteiger partial charge in [0.25, 0.3) is 0 Å². The average Bonchev–Trinajstić information content (AvgIpc) is 2.82. The molecule has 2 heterocycles. The Morgan fingerprint density at radius 2 is 2.11 bits per heavy atom. The summed E-state index contributed by atoms with van der Waals surface area (Å²) in [6, 6.07) is 5.99. The molecule has 0 amide bonds. The fraction of sp³-hybridized carbons (Fsp3) is 0.0667. The minimum absolute atomic E-state index is 0.128. The van der Waals surface area contributed by atoms with E-state index in [0.717, 1.165) is 10.9 Å². The molecule has 0 saturated heterocycles. The van der Waals surface area contributed by atoms with Crippen LogP contribution in [0, 0.1) is 12.7 Å². The molecule has 0 saturated carbocycles. The SMILES string of the molecule is Cc1cc(F)ccc1C(=O)c1c[nH]c2ccncc12. The van der Waals surface area contributed by atoms with Crippen molar-refractivity contribution in [1.82, 2.24) is 9.97 Å². The zero-order chi connectivity index (χ0) is 13.4. The minimum atomic E-state index is -0.338. The number of halogens is 1. The van der Waals surface area contributed by atoms with Gasteiger partial charge in [-0.05, 0) is 36.8 Å². The topological polar surface area (TPSA) is 45.8 Å². The van der Waals surface area contributed by atoms with E-state index in [9.17, 15) is 9.18 Å². The van der Waals surface area contributed by atoms with Crippen molar-refractivity contribution < 1.29 is 9.18 Å². The third kappa shape index (κ3) is 1.91. The van der Waals surface area contributed by atoms with Gasteiger partial charge in [-0.15, -0.1) is 0 Å². The summed E-state index contributed by atoms with van der Waals surface area (Å²) in [5.74, 6) is -0.466. The number of aromatic amines is 1. The van der Waals surface area contributed by atoms with Crippen LogP contribution < -0.4 is 0 Å². The summed E-state index contributed by atoms with van der Waals surface area (Å²) in [5, 5.41) is 0.774. The van der Waals surface area contributed by atoms with Crippen molar-refractivity contribution in [2.45, 2.75) is 6.92 Å². The van der Waals surface area contributed by atoms with Crippen molar-refractivity contribution in [2.24, 2.45) is 0 Å². The highest BCUT2D eigenvalue weighted by atomic mass is 19.1. The van der Waals surface area contributed by atoms with E-state index in [1.807, 2.05) is 6.07 Å². The molecule has 0 atom stereocenters. The molecule has 0 aliphatic heterocycles. The number of fused-ring (bicyclic) bond motifs is 1. The number of carbonyl (C=O) groups is 1. The molecule has 4 heteroatoms. The van der Waals surface area contributed by atoms with E-state index in [-0.39, 0.29) is 11.6 Å². The molecule has 0 unspecified atom stereocenters. The van der Waals surface area contributed by atoms with E-state index >= 15 is 0 Å². The summed E-state index contributed by atoms with van der Waals surface area (Å²) >= 11 is 0. The van der Waals surface area contributed by atoms with Gasteiger partial charge in [-0.1, -0.05) is 0 Å². The van der Waals surface area contributed by atoms with Gasteiger partial charge in [0.15, 0.2) is 5.78 Å². The van der Waals surface area contributed by atoms with Crippen LogP contribution in [0.5, 0.6) is 0 Å². The van der Waals surface area contributed by atoms with Crippen LogP contribution in [0.2, 0.25) is 0 Å². The van der Waals surface area contributed by atoms with Gasteiger partial charge in [-0.2, -0.15) is 0 Å². The zero-order valence-corrected chi connectivity index (χ0v) is 10.3. The zero-order valence-electron chi connectivity index (χ0n) is 10.3. The van der Waals surface area contributed by atoms with E-state index < -0.39 is 0 Å². The first-order valence-corrected chi connectivity index (χ1v) is 5.89. The van der Waals surface area contributed by atoms with Crippen LogP contribution in [-0.2, 0) is 0 Å². The maximum atomic E-state index is 13.1. The monoisotopic (exact) mass is 254 g/mol. The number of carbonyl (C=O) groups excluding carboxylic acids is 1. The molecule has 3 nitrogen and oxygen atoms in total. The number of aryl methyl sites for hydroxylation is 1. The largest absolute Gasteiger partial charge is 0.360 e. The van der Waals surface area contributed by atoms with Gasteiger partial charge in [0.05, 0.1) is 0 Å². The number of nitrogens with one attached hydrogen (secondary N) is 1. The fourth-order valence-corrected chi connectivity index (χ4v) is 2.18. The van der Waals surface area contributed by atoms with Crippen molar-refractivity contribution in [2.75, 3.05) is 0 Å². The quantitative estimate of drug-likeness (QED) is 0.713. The number of pyridine rings is 1. The first-order chi connectivity index (χ1) is 9.16. The summed E-state index contributed by atoms with van der Waals surface area (Å²) in [5.41, 5.74) is 2.55. The molecular formula is C15H11FN2O. The summed E-state index contributed by atoms with van der Waals surface area (Å²) in [7, 11) is 0. The van der Waals surface area contributed by atoms with Crippen LogP contribution in [0.4, 0.5) is 4.39 Å². The van der Waals surface area contributed by atoms with Gasteiger partial charge >= 0.3 is 0 Å². The first kappa shape index (κ1) is 11.6. The van der Waals surface area contributed by atoms with E-state index in [2.05, 4.69) is 9.97 Å². The predicted molar refractivity (Wildman–Crippen MR) is 70.7 cm³/mol. The van der Waals surface area contributed by atoms with E-state index in [0.29, 0.717) is 16.7 Å². The van der Waals surface area contributed by atoms with Crippen molar-refractivity contribution in [3.63, 3.8) is 0 Å². The number of ketones is 1. The molecular weight excluding hydrogens is 243 g/mol. The smallest absolute Gasteiger partial charge is 0.195 e. The summed E-state index contributed by atoms with van der Waals surface area (Å²) in [6.07, 6.45) is 4.98. The van der Waals surface area contributed by atoms with Gasteiger partial charge in [0.2, 0.25) is 0 Å². The number of hydrogen-bond acceptors (Lipinski definition) is 2. The Morgan fingerprint density at radius 1 is 1.26 bits per heavy atom. The van der Waals surface area contributed by atoms with Gasteiger partial charge in [0.1, 0.15) is 5.82 Å². The van der Waals surface area contributed by atoms with Crippen LogP contribution in [0.15, 0.2) is 42.9 Å². The summed E-state index contributed by atoms with van der Waals surface area (Å²) < 4.78 is 13.1. The molecule has 0 aliphatic carbocycles. The Labute approximate surface area is 109 Å². The third-order valence-electron chi connectivity index (χ3n) is 3.16. The predicted octanol–water partition coefficient (Wildman–Crippen LogP) is 3.24. The molecule has 1 aromatic carbocycles. The van der Waals surface area contributed by atoms with Gasteiger partial charge in [0, 0.05) is 40.6 Å². The molecule has 1 N–H and O–H groups in total. The molecule has 0 radical (unpaired) electrons. The Morgan fingerprint density at radius 3 is 2.89 bits per heavy atom. The third-order valence-corrected chi connectivity index (χ3v) is 3.16. The highest BCUT2D eigenvalue weighted by Crippen LogP contribution is 2.22. The molecule has 0 bridgehead atoms. The van der Waals surface area contributed by atoms with Crippen LogP contribution in [0.1, 0.15) is 21.5 Å². The maximum Gasteiger partial charge on any atom is 0.195 e. The minimum Gasteiger partial charge on any atom is -0.360 e. The number of aromatic nitrogens is 2. The fourth-order valence-electron chi connectivity index (χ4n) is 2.18. The number of H-pyrrole nitrogens is 1. The van der Waals surface area contributed by atoms with E-state index in [1.165, 1.54) is 18.2 Å². The van der Waals surface area contributed by atoms with Gasteiger partial charge < -0.3 is 4.98 Å². The first-order valence-electron chi connectivity index (χ1n) is 5.89. The van der Waals surface area contributed by atoms with Crippen LogP contribution in [-0.4, -0.2) is 15.8 Å². The lowest BCUT2D eigenvalue weighted by Gasteiger charge is -2.04. The lowest BCUT2D eigenvalue weighted by atomic mass is 9.99. The normalized spacial score (nSPS) is 10.8. The van der Waals surface area contributed by atoms with Crippen molar-refractivity contribution in [3.8, 4) is 0 Å². The molecule has 2 aromatic heterocycles. The van der Waals surface area contributed by atoms with Crippen LogP contribution in [0.25, 0.3) is 10.9 Å². The number of benzene rings is 1. The highest BCUT2D eigenvalue weighted by Gasteiger charge is 2.16. The standard InChI is InChI=1S/C15H11FN2O/c1-9-6-10(16)2-3-11(9)15(19)13-8-18-14-4-5-17-7-12(13)14/h2-8,18H,1H3. The second-order valence-electron chi connectivity index (χ2n) is 4.41. The van der Waals surface area contributed by atoms with Gasteiger partial charge in [-0.25, -0.2) is 4.39 Å². The Kier molecular flexibility index (Phi) is 2.63. The van der Waals surface area contributed by atoms with Crippen molar-refractivity contribution >= 4 is 16.7 Å². The number of hydrogen-bond donors (Lipinski definition) is 1. The molecule has 3 aromatic rings. The lowest BCUT2D eigenvalue weighted by molar-refractivity contribution is 0.103. The molecule has 19 heavy (non-hydrogen) atoms. The Balaban J connectivity index is 2.13. The van der Waals surface area contributed by atoms with Crippen LogP contribution >= 0.6 is 0 Å². The van der Waals surface area contributed by atoms with Crippen LogP contribution in [0.3, 0.4) is 0 Å². The van der Waals surface area contributed by atoms with E-state index in [4.69, 9.17) is 0 Å². The number of nitrogens with zero attached hydrogens (tertiary/aromatic N) is 1. The van der Waals surface area contributed by atoms with E-state index in [1.54, 1.807) is 25.5 Å².